The van der Waals surface area contributed by atoms with E-state index in [0.29, 0.717) is 42.6 Å². The van der Waals surface area contributed by atoms with Gasteiger partial charge < -0.3 is 19.5 Å². The first kappa shape index (κ1) is 30.9. The predicted molar refractivity (Wildman–Crippen MR) is 160 cm³/mol. The van der Waals surface area contributed by atoms with E-state index in [4.69, 9.17) is 21.1 Å². The maximum absolute atomic E-state index is 14.1. The summed E-state index contributed by atoms with van der Waals surface area (Å²) in [6.45, 7) is 8.10. The molecule has 0 bridgehead atoms. The van der Waals surface area contributed by atoms with Crippen molar-refractivity contribution < 1.29 is 23.8 Å². The van der Waals surface area contributed by atoms with Gasteiger partial charge in [0.1, 0.15) is 12.4 Å². The number of aliphatic hydroxyl groups excluding tert-OH is 1. The Morgan fingerprint density at radius 3 is 2.76 bits per heavy atom. The van der Waals surface area contributed by atoms with Crippen molar-refractivity contribution in [2.45, 2.75) is 45.3 Å². The standard InChI is InChI=1S/C32H39ClFN3O4/c1-4-30(38)23-9-8-22(2)29(18-23)37(16-17-40-3)15-14-36-13-12-26(31(39)20-36)28-6-5-7-32(35-28)41-21-24-10-11-25(33)19-27(24)34/h5-11,18-19,26,31,39H,4,12-17,20-21H2,1-3H3/t26-,31-/m1/s1. The number of nitrogens with zero attached hydrogens (tertiary/aromatic N) is 3. The number of hydrogen-bond donors (Lipinski definition) is 1. The molecule has 2 atom stereocenters. The third-order valence-corrected chi connectivity index (χ3v) is 7.86. The van der Waals surface area contributed by atoms with E-state index in [0.717, 1.165) is 48.6 Å². The number of halogens is 2. The van der Waals surface area contributed by atoms with Gasteiger partial charge in [0.2, 0.25) is 5.88 Å². The Kier molecular flexibility index (Phi) is 11.1. The number of anilines is 1. The van der Waals surface area contributed by atoms with Gasteiger partial charge in [-0.15, -0.1) is 0 Å². The van der Waals surface area contributed by atoms with Crippen LogP contribution in [0.5, 0.6) is 5.88 Å². The lowest BCUT2D eigenvalue weighted by molar-refractivity contribution is 0.0509. The number of aryl methyl sites for hydroxylation is 1. The lowest BCUT2D eigenvalue weighted by Crippen LogP contribution is -2.46. The van der Waals surface area contributed by atoms with Gasteiger partial charge in [-0.2, -0.15) is 0 Å². The lowest BCUT2D eigenvalue weighted by Gasteiger charge is -2.37. The van der Waals surface area contributed by atoms with Crippen LogP contribution in [0.2, 0.25) is 5.02 Å². The van der Waals surface area contributed by atoms with Crippen LogP contribution in [0.25, 0.3) is 0 Å². The molecule has 9 heteroatoms. The SMILES string of the molecule is CCC(=O)c1ccc(C)c(N(CCOC)CCN2CC[C@H](c3cccc(OCc4ccc(Cl)cc4F)n3)[C@H](O)C2)c1. The first-order valence-electron chi connectivity index (χ1n) is 14.1. The minimum Gasteiger partial charge on any atom is -0.473 e. The second-order valence-electron chi connectivity index (χ2n) is 10.4. The van der Waals surface area contributed by atoms with Crippen LogP contribution in [0.3, 0.4) is 0 Å². The molecule has 7 nitrogen and oxygen atoms in total. The van der Waals surface area contributed by atoms with Crippen molar-refractivity contribution >= 4 is 23.1 Å². The molecule has 2 aromatic carbocycles. The van der Waals surface area contributed by atoms with E-state index in [9.17, 15) is 14.3 Å². The van der Waals surface area contributed by atoms with Crippen LogP contribution >= 0.6 is 11.6 Å². The summed E-state index contributed by atoms with van der Waals surface area (Å²) in [5, 5.41) is 11.4. The third kappa shape index (κ3) is 8.26. The number of piperidine rings is 1. The molecule has 1 fully saturated rings. The van der Waals surface area contributed by atoms with Gasteiger partial charge in [-0.05, 0) is 49.7 Å². The summed E-state index contributed by atoms with van der Waals surface area (Å²) in [4.78, 5) is 21.5. The van der Waals surface area contributed by atoms with Gasteiger partial charge in [-0.3, -0.25) is 9.69 Å². The highest BCUT2D eigenvalue weighted by Crippen LogP contribution is 2.29. The van der Waals surface area contributed by atoms with E-state index in [1.165, 1.54) is 6.07 Å². The number of likely N-dealkylation sites (tertiary alicyclic amines) is 1. The third-order valence-electron chi connectivity index (χ3n) is 7.63. The fourth-order valence-corrected chi connectivity index (χ4v) is 5.36. The number of ether oxygens (including phenoxy) is 2. The van der Waals surface area contributed by atoms with Crippen molar-refractivity contribution in [2.75, 3.05) is 51.3 Å². The van der Waals surface area contributed by atoms with Gasteiger partial charge in [0.05, 0.1) is 18.4 Å². The molecule has 1 aliphatic rings. The van der Waals surface area contributed by atoms with Crippen molar-refractivity contribution in [3.8, 4) is 5.88 Å². The van der Waals surface area contributed by atoms with Crippen molar-refractivity contribution in [3.05, 3.63) is 87.8 Å². The second-order valence-corrected chi connectivity index (χ2v) is 10.9. The fourth-order valence-electron chi connectivity index (χ4n) is 5.20. The van der Waals surface area contributed by atoms with Crippen molar-refractivity contribution in [3.63, 3.8) is 0 Å². The average molecular weight is 584 g/mol. The molecule has 4 rings (SSSR count). The molecule has 2 heterocycles. The Labute approximate surface area is 246 Å². The number of β-amino-alcohol motifs (C(OH)–C–C–N with tert-alkyl or cyclic N) is 1. The summed E-state index contributed by atoms with van der Waals surface area (Å²) in [5.41, 5.74) is 4.04. The van der Waals surface area contributed by atoms with Crippen LogP contribution in [0, 0.1) is 12.7 Å². The normalized spacial score (nSPS) is 17.4. The zero-order valence-electron chi connectivity index (χ0n) is 24.0. The molecule has 0 spiro atoms. The number of aliphatic hydroxyl groups is 1. The number of carbonyl (C=O) groups is 1. The molecule has 0 aliphatic carbocycles. The zero-order valence-corrected chi connectivity index (χ0v) is 24.7. The number of ketones is 1. The van der Waals surface area contributed by atoms with Gasteiger partial charge >= 0.3 is 0 Å². The molecule has 1 aromatic heterocycles. The second kappa shape index (κ2) is 14.7. The van der Waals surface area contributed by atoms with Crippen LogP contribution in [0.4, 0.5) is 10.1 Å². The number of aromatic nitrogens is 1. The molecule has 220 valence electrons. The van der Waals surface area contributed by atoms with Gasteiger partial charge in [0.25, 0.3) is 0 Å². The number of methoxy groups -OCH3 is 1. The first-order chi connectivity index (χ1) is 19.8. The summed E-state index contributed by atoms with van der Waals surface area (Å²) in [6, 6.07) is 15.9. The Bertz CT molecular complexity index is 1320. The molecular weight excluding hydrogens is 545 g/mol. The van der Waals surface area contributed by atoms with E-state index in [1.807, 2.05) is 37.3 Å². The lowest BCUT2D eigenvalue weighted by atomic mass is 9.90. The van der Waals surface area contributed by atoms with Crippen LogP contribution in [-0.2, 0) is 11.3 Å². The van der Waals surface area contributed by atoms with Crippen LogP contribution in [0.1, 0.15) is 52.9 Å². The molecule has 41 heavy (non-hydrogen) atoms. The van der Waals surface area contributed by atoms with E-state index in [2.05, 4.69) is 21.7 Å². The van der Waals surface area contributed by atoms with Crippen LogP contribution in [0.15, 0.2) is 54.6 Å². The minimum atomic E-state index is -0.583. The van der Waals surface area contributed by atoms with Gasteiger partial charge in [0.15, 0.2) is 5.78 Å². The van der Waals surface area contributed by atoms with E-state index in [-0.39, 0.29) is 18.3 Å². The van der Waals surface area contributed by atoms with Crippen molar-refractivity contribution in [2.24, 2.45) is 0 Å². The highest BCUT2D eigenvalue weighted by atomic mass is 35.5. The van der Waals surface area contributed by atoms with Crippen molar-refractivity contribution in [1.82, 2.24) is 9.88 Å². The molecule has 3 aromatic rings. The number of carbonyl (C=O) groups excluding carboxylic acids is 1. The highest BCUT2D eigenvalue weighted by Gasteiger charge is 2.30. The smallest absolute Gasteiger partial charge is 0.213 e. The quantitative estimate of drug-likeness (QED) is 0.260. The maximum Gasteiger partial charge on any atom is 0.213 e. The topological polar surface area (TPSA) is 75.1 Å². The van der Waals surface area contributed by atoms with E-state index < -0.39 is 11.9 Å². The predicted octanol–water partition coefficient (Wildman–Crippen LogP) is 5.66. The molecule has 1 saturated heterocycles. The number of hydrogen-bond acceptors (Lipinski definition) is 7. The summed E-state index contributed by atoms with van der Waals surface area (Å²) in [7, 11) is 1.69. The number of Topliss-reactive ketones (excluding diaryl/α,β-unsaturated/α-hetero) is 1. The summed E-state index contributed by atoms with van der Waals surface area (Å²) >= 11 is 5.84. The van der Waals surface area contributed by atoms with Crippen LogP contribution < -0.4 is 9.64 Å². The van der Waals surface area contributed by atoms with E-state index >= 15 is 0 Å². The number of pyridine rings is 1. The molecule has 0 unspecified atom stereocenters. The Morgan fingerprint density at radius 1 is 1.20 bits per heavy atom. The Hall–Kier alpha value is -3.04. The highest BCUT2D eigenvalue weighted by molar-refractivity contribution is 6.30. The fraction of sp³-hybridized carbons (Fsp3) is 0.438. The number of benzene rings is 2. The summed E-state index contributed by atoms with van der Waals surface area (Å²) < 4.78 is 25.2. The molecule has 1 aliphatic heterocycles. The van der Waals surface area contributed by atoms with Crippen LogP contribution in [-0.4, -0.2) is 73.3 Å². The van der Waals surface area contributed by atoms with Gasteiger partial charge in [-0.25, -0.2) is 9.37 Å². The minimum absolute atomic E-state index is 0.0367. The van der Waals surface area contributed by atoms with Gasteiger partial charge in [0, 0.05) is 73.5 Å². The average Bonchev–Trinajstić information content (AvgIpc) is 2.97. The van der Waals surface area contributed by atoms with Crippen molar-refractivity contribution in [1.29, 1.82) is 0 Å². The Morgan fingerprint density at radius 2 is 2.02 bits per heavy atom. The zero-order chi connectivity index (χ0) is 29.4. The monoisotopic (exact) mass is 583 g/mol. The Balaban J connectivity index is 1.36. The largest absolute Gasteiger partial charge is 0.473 e. The van der Waals surface area contributed by atoms with Gasteiger partial charge in [-0.1, -0.05) is 42.8 Å². The maximum atomic E-state index is 14.1. The molecule has 0 saturated carbocycles. The summed E-state index contributed by atoms with van der Waals surface area (Å²) in [6.07, 6.45) is 0.638. The molecule has 1 N–H and O–H groups in total. The first-order valence-corrected chi connectivity index (χ1v) is 14.5. The molecule has 0 amide bonds. The number of rotatable bonds is 13. The molecule has 0 radical (unpaired) electrons. The molecular formula is C32H39ClFN3O4. The summed E-state index contributed by atoms with van der Waals surface area (Å²) in [5.74, 6) is -0.0250. The van der Waals surface area contributed by atoms with E-state index in [1.54, 1.807) is 25.3 Å².